The molecule has 7 heteroatoms. The summed E-state index contributed by atoms with van der Waals surface area (Å²) in [6, 6.07) is 9.41. The van der Waals surface area contributed by atoms with Crippen LogP contribution in [0.15, 0.2) is 30.3 Å². The summed E-state index contributed by atoms with van der Waals surface area (Å²) >= 11 is 1.15. The molecular weight excluding hydrogens is 288 g/mol. The standard InChI is InChI=1S/C14H16N4O2S/c1-9(19)16-7-8-17-13(20)12-11(18-14(15)21-12)10-5-3-2-4-6-10/h2-6H,7-8H2,1H3,(H2,15,18)(H,16,19)(H,17,20). The summed E-state index contributed by atoms with van der Waals surface area (Å²) in [5.74, 6) is -0.371. The van der Waals surface area contributed by atoms with Gasteiger partial charge in [0, 0.05) is 25.6 Å². The second kappa shape index (κ2) is 6.85. The molecule has 0 aliphatic carbocycles. The van der Waals surface area contributed by atoms with Crippen molar-refractivity contribution in [2.24, 2.45) is 0 Å². The van der Waals surface area contributed by atoms with E-state index in [9.17, 15) is 9.59 Å². The second-order valence-corrected chi connectivity index (χ2v) is 5.37. The molecule has 0 spiro atoms. The summed E-state index contributed by atoms with van der Waals surface area (Å²) in [5, 5.41) is 5.70. The Morgan fingerprint density at radius 1 is 1.19 bits per heavy atom. The summed E-state index contributed by atoms with van der Waals surface area (Å²) in [5.41, 5.74) is 7.14. The van der Waals surface area contributed by atoms with E-state index in [2.05, 4.69) is 15.6 Å². The minimum absolute atomic E-state index is 0.128. The molecule has 0 unspecified atom stereocenters. The highest BCUT2D eigenvalue weighted by molar-refractivity contribution is 7.17. The third-order valence-corrected chi connectivity index (χ3v) is 3.56. The monoisotopic (exact) mass is 304 g/mol. The Morgan fingerprint density at radius 2 is 1.86 bits per heavy atom. The number of anilines is 1. The first kappa shape index (κ1) is 15.0. The van der Waals surface area contributed by atoms with Crippen molar-refractivity contribution >= 4 is 28.3 Å². The van der Waals surface area contributed by atoms with Gasteiger partial charge in [0.2, 0.25) is 5.91 Å². The maximum atomic E-state index is 12.2. The molecule has 0 fully saturated rings. The van der Waals surface area contributed by atoms with Crippen molar-refractivity contribution in [2.75, 3.05) is 18.8 Å². The summed E-state index contributed by atoms with van der Waals surface area (Å²) in [7, 11) is 0. The van der Waals surface area contributed by atoms with Gasteiger partial charge in [-0.15, -0.1) is 0 Å². The van der Waals surface area contributed by atoms with Crippen LogP contribution in [0.4, 0.5) is 5.13 Å². The molecule has 4 N–H and O–H groups in total. The number of carbonyl (C=O) groups is 2. The zero-order valence-electron chi connectivity index (χ0n) is 11.6. The number of nitrogens with two attached hydrogens (primary N) is 1. The van der Waals surface area contributed by atoms with Crippen molar-refractivity contribution in [2.45, 2.75) is 6.92 Å². The molecule has 2 amide bonds. The van der Waals surface area contributed by atoms with E-state index in [-0.39, 0.29) is 11.8 Å². The van der Waals surface area contributed by atoms with Gasteiger partial charge < -0.3 is 16.4 Å². The number of nitrogens with zero attached hydrogens (tertiary/aromatic N) is 1. The predicted molar refractivity (Wildman–Crippen MR) is 83.0 cm³/mol. The summed E-state index contributed by atoms with van der Waals surface area (Å²) in [6.07, 6.45) is 0. The van der Waals surface area contributed by atoms with E-state index < -0.39 is 0 Å². The van der Waals surface area contributed by atoms with Crippen LogP contribution < -0.4 is 16.4 Å². The largest absolute Gasteiger partial charge is 0.375 e. The van der Waals surface area contributed by atoms with Crippen LogP contribution in [0.25, 0.3) is 11.3 Å². The Morgan fingerprint density at radius 3 is 2.52 bits per heavy atom. The van der Waals surface area contributed by atoms with Crippen LogP contribution in [0.5, 0.6) is 0 Å². The molecule has 6 nitrogen and oxygen atoms in total. The van der Waals surface area contributed by atoms with Crippen molar-refractivity contribution < 1.29 is 9.59 Å². The number of hydrogen-bond acceptors (Lipinski definition) is 5. The molecule has 1 heterocycles. The normalized spacial score (nSPS) is 10.1. The quantitative estimate of drug-likeness (QED) is 0.724. The SMILES string of the molecule is CC(=O)NCCNC(=O)c1sc(N)nc1-c1ccccc1. The van der Waals surface area contributed by atoms with Crippen molar-refractivity contribution in [1.82, 2.24) is 15.6 Å². The first-order chi connectivity index (χ1) is 10.1. The molecule has 2 aromatic rings. The summed E-state index contributed by atoms with van der Waals surface area (Å²) < 4.78 is 0. The fraction of sp³-hybridized carbons (Fsp3) is 0.214. The summed E-state index contributed by atoms with van der Waals surface area (Å²) in [6.45, 7) is 2.17. The fourth-order valence-electron chi connectivity index (χ4n) is 1.78. The second-order valence-electron chi connectivity index (χ2n) is 4.33. The van der Waals surface area contributed by atoms with Crippen molar-refractivity contribution in [3.05, 3.63) is 35.2 Å². The highest BCUT2D eigenvalue weighted by atomic mass is 32.1. The van der Waals surface area contributed by atoms with Crippen molar-refractivity contribution in [3.8, 4) is 11.3 Å². The minimum atomic E-state index is -0.242. The predicted octanol–water partition coefficient (Wildman–Crippen LogP) is 1.26. The number of thiazole rings is 1. The van der Waals surface area contributed by atoms with Gasteiger partial charge in [-0.3, -0.25) is 9.59 Å². The Hall–Kier alpha value is -2.41. The number of nitrogens with one attached hydrogen (secondary N) is 2. The van der Waals surface area contributed by atoms with Gasteiger partial charge in [0.25, 0.3) is 5.91 Å². The molecule has 0 aliphatic rings. The molecule has 0 saturated heterocycles. The van der Waals surface area contributed by atoms with Gasteiger partial charge in [-0.1, -0.05) is 41.7 Å². The topological polar surface area (TPSA) is 97.1 Å². The Kier molecular flexibility index (Phi) is 4.89. The molecule has 1 aromatic carbocycles. The number of rotatable bonds is 5. The first-order valence-corrected chi connectivity index (χ1v) is 7.24. The van der Waals surface area contributed by atoms with Crippen molar-refractivity contribution in [1.29, 1.82) is 0 Å². The van der Waals surface area contributed by atoms with Crippen LogP contribution >= 0.6 is 11.3 Å². The Bertz CT molecular complexity index is 640. The molecule has 1 aromatic heterocycles. The van der Waals surface area contributed by atoms with E-state index in [1.54, 1.807) is 0 Å². The van der Waals surface area contributed by atoms with Crippen LogP contribution in [0.2, 0.25) is 0 Å². The lowest BCUT2D eigenvalue weighted by molar-refractivity contribution is -0.118. The minimum Gasteiger partial charge on any atom is -0.375 e. The number of carbonyl (C=O) groups excluding carboxylic acids is 2. The zero-order chi connectivity index (χ0) is 15.2. The van der Waals surface area contributed by atoms with E-state index in [4.69, 9.17) is 5.73 Å². The average Bonchev–Trinajstić information content (AvgIpc) is 2.86. The van der Waals surface area contributed by atoms with Crippen LogP contribution in [0, 0.1) is 0 Å². The van der Waals surface area contributed by atoms with E-state index >= 15 is 0 Å². The van der Waals surface area contributed by atoms with E-state index in [0.717, 1.165) is 16.9 Å². The van der Waals surface area contributed by atoms with E-state index in [1.165, 1.54) is 6.92 Å². The van der Waals surface area contributed by atoms with Crippen molar-refractivity contribution in [3.63, 3.8) is 0 Å². The Balaban J connectivity index is 2.09. The fourth-order valence-corrected chi connectivity index (χ4v) is 2.55. The number of benzene rings is 1. The van der Waals surface area contributed by atoms with Crippen LogP contribution in [0.3, 0.4) is 0 Å². The smallest absolute Gasteiger partial charge is 0.263 e. The van der Waals surface area contributed by atoms with Crippen LogP contribution in [-0.2, 0) is 4.79 Å². The molecular formula is C14H16N4O2S. The lowest BCUT2D eigenvalue weighted by Gasteiger charge is -2.05. The van der Waals surface area contributed by atoms with E-state index in [0.29, 0.717) is 28.8 Å². The lowest BCUT2D eigenvalue weighted by Crippen LogP contribution is -2.33. The van der Waals surface area contributed by atoms with Gasteiger partial charge in [0.15, 0.2) is 5.13 Å². The summed E-state index contributed by atoms with van der Waals surface area (Å²) in [4.78, 5) is 27.6. The van der Waals surface area contributed by atoms with Gasteiger partial charge >= 0.3 is 0 Å². The van der Waals surface area contributed by atoms with Gasteiger partial charge in [0.05, 0.1) is 5.69 Å². The number of hydrogen-bond donors (Lipinski definition) is 3. The van der Waals surface area contributed by atoms with Gasteiger partial charge in [-0.05, 0) is 0 Å². The molecule has 0 saturated carbocycles. The van der Waals surface area contributed by atoms with Gasteiger partial charge in [-0.2, -0.15) is 0 Å². The molecule has 0 atom stereocenters. The number of aromatic nitrogens is 1. The van der Waals surface area contributed by atoms with Gasteiger partial charge in [0.1, 0.15) is 4.88 Å². The molecule has 2 rings (SSSR count). The first-order valence-electron chi connectivity index (χ1n) is 6.42. The van der Waals surface area contributed by atoms with E-state index in [1.807, 2.05) is 30.3 Å². The van der Waals surface area contributed by atoms with Gasteiger partial charge in [-0.25, -0.2) is 4.98 Å². The number of amides is 2. The molecule has 0 radical (unpaired) electrons. The Labute approximate surface area is 126 Å². The third-order valence-electron chi connectivity index (χ3n) is 2.68. The third kappa shape index (κ3) is 4.03. The average molecular weight is 304 g/mol. The molecule has 21 heavy (non-hydrogen) atoms. The zero-order valence-corrected chi connectivity index (χ0v) is 12.4. The highest BCUT2D eigenvalue weighted by Gasteiger charge is 2.18. The maximum Gasteiger partial charge on any atom is 0.263 e. The lowest BCUT2D eigenvalue weighted by atomic mass is 10.1. The highest BCUT2D eigenvalue weighted by Crippen LogP contribution is 2.29. The van der Waals surface area contributed by atoms with Crippen LogP contribution in [0.1, 0.15) is 16.6 Å². The maximum absolute atomic E-state index is 12.2. The molecule has 110 valence electrons. The van der Waals surface area contributed by atoms with Crippen LogP contribution in [-0.4, -0.2) is 29.9 Å². The number of nitrogen functional groups attached to an aromatic ring is 1. The molecule has 0 aliphatic heterocycles. The molecule has 0 bridgehead atoms.